The average molecular weight is 417 g/mol. The van der Waals surface area contributed by atoms with E-state index in [-0.39, 0.29) is 23.0 Å². The van der Waals surface area contributed by atoms with Crippen LogP contribution in [0.2, 0.25) is 0 Å². The van der Waals surface area contributed by atoms with Crippen LogP contribution in [0, 0.1) is 13.8 Å². The molecule has 1 amide bonds. The number of amides is 1. The fraction of sp³-hybridized carbons (Fsp3) is 0.409. The molecule has 1 heterocycles. The smallest absolute Gasteiger partial charge is 0.246 e. The average Bonchev–Trinajstić information content (AvgIpc) is 2.71. The van der Waals surface area contributed by atoms with Crippen molar-refractivity contribution in [1.82, 2.24) is 4.31 Å². The van der Waals surface area contributed by atoms with Crippen molar-refractivity contribution in [2.45, 2.75) is 44.4 Å². The summed E-state index contributed by atoms with van der Waals surface area (Å²) in [6.45, 7) is 4.98. The number of methoxy groups -OCH3 is 1. The van der Waals surface area contributed by atoms with Crippen molar-refractivity contribution in [3.8, 4) is 5.75 Å². The normalized spacial score (nSPS) is 15.1. The van der Waals surface area contributed by atoms with Gasteiger partial charge in [-0.2, -0.15) is 4.31 Å². The summed E-state index contributed by atoms with van der Waals surface area (Å²) in [5, 5.41) is 2.83. The number of benzene rings is 2. The van der Waals surface area contributed by atoms with Crippen LogP contribution in [0.4, 0.5) is 5.69 Å². The van der Waals surface area contributed by atoms with Crippen LogP contribution in [0.15, 0.2) is 41.3 Å². The van der Waals surface area contributed by atoms with Crippen molar-refractivity contribution in [1.29, 1.82) is 0 Å². The molecule has 3 rings (SSSR count). The van der Waals surface area contributed by atoms with E-state index < -0.39 is 10.0 Å². The van der Waals surface area contributed by atoms with Gasteiger partial charge in [-0.1, -0.05) is 30.2 Å². The van der Waals surface area contributed by atoms with E-state index in [1.54, 1.807) is 12.1 Å². The van der Waals surface area contributed by atoms with E-state index in [0.29, 0.717) is 18.8 Å². The first-order chi connectivity index (χ1) is 13.8. The van der Waals surface area contributed by atoms with Crippen molar-refractivity contribution in [2.24, 2.45) is 0 Å². The molecule has 2 aromatic carbocycles. The summed E-state index contributed by atoms with van der Waals surface area (Å²) in [6, 6.07) is 10.7. The molecule has 0 spiro atoms. The third-order valence-corrected chi connectivity index (χ3v) is 7.16. The van der Waals surface area contributed by atoms with Crippen LogP contribution in [0.25, 0.3) is 0 Å². The molecule has 0 aliphatic carbocycles. The number of nitrogens with one attached hydrogen (secondary N) is 1. The Bertz CT molecular complexity index is 996. The molecule has 29 heavy (non-hydrogen) atoms. The monoisotopic (exact) mass is 416 g/mol. The number of rotatable bonds is 6. The maximum absolute atomic E-state index is 13.1. The lowest BCUT2D eigenvalue weighted by Crippen LogP contribution is -2.35. The number of ether oxygens (including phenoxy) is 1. The van der Waals surface area contributed by atoms with Gasteiger partial charge in [0, 0.05) is 18.8 Å². The molecule has 0 atom stereocenters. The maximum Gasteiger partial charge on any atom is 0.246 e. The van der Waals surface area contributed by atoms with Gasteiger partial charge in [0.1, 0.15) is 10.6 Å². The summed E-state index contributed by atoms with van der Waals surface area (Å²) < 4.78 is 33.0. The Morgan fingerprint density at radius 3 is 2.48 bits per heavy atom. The van der Waals surface area contributed by atoms with Gasteiger partial charge in [0.15, 0.2) is 0 Å². The van der Waals surface area contributed by atoms with E-state index in [1.807, 2.05) is 32.0 Å². The third-order valence-electron chi connectivity index (χ3n) is 5.24. The zero-order chi connectivity index (χ0) is 21.0. The van der Waals surface area contributed by atoms with E-state index in [2.05, 4.69) is 5.32 Å². The quantitative estimate of drug-likeness (QED) is 0.780. The molecule has 0 aromatic heterocycles. The minimum atomic E-state index is -3.68. The molecule has 1 fully saturated rings. The summed E-state index contributed by atoms with van der Waals surface area (Å²) in [5.41, 5.74) is 3.54. The molecule has 6 nitrogen and oxygen atoms in total. The highest BCUT2D eigenvalue weighted by Crippen LogP contribution is 2.31. The maximum atomic E-state index is 13.1. The van der Waals surface area contributed by atoms with Gasteiger partial charge in [-0.25, -0.2) is 8.42 Å². The summed E-state index contributed by atoms with van der Waals surface area (Å²) in [4.78, 5) is 12.6. The molecule has 1 aliphatic rings. The Kier molecular flexibility index (Phi) is 6.59. The van der Waals surface area contributed by atoms with E-state index >= 15 is 0 Å². The molecule has 0 saturated carbocycles. The Labute approximate surface area is 172 Å². The SMILES string of the molecule is COc1ccc(NC(=O)Cc2cc(C)ccc2C)cc1S(=O)(=O)N1CCCCC1. The third kappa shape index (κ3) is 4.97. The molecule has 0 unspecified atom stereocenters. The highest BCUT2D eigenvalue weighted by molar-refractivity contribution is 7.89. The van der Waals surface area contributed by atoms with Gasteiger partial charge in [0.2, 0.25) is 15.9 Å². The summed E-state index contributed by atoms with van der Waals surface area (Å²) >= 11 is 0. The molecule has 1 aliphatic heterocycles. The first-order valence-electron chi connectivity index (χ1n) is 9.85. The predicted molar refractivity (Wildman–Crippen MR) is 114 cm³/mol. The van der Waals surface area contributed by atoms with Crippen LogP contribution in [0.3, 0.4) is 0 Å². The summed E-state index contributed by atoms with van der Waals surface area (Å²) in [6.07, 6.45) is 2.98. The van der Waals surface area contributed by atoms with E-state index in [0.717, 1.165) is 36.0 Å². The minimum Gasteiger partial charge on any atom is -0.495 e. The molecule has 1 saturated heterocycles. The number of hydrogen-bond donors (Lipinski definition) is 1. The zero-order valence-corrected chi connectivity index (χ0v) is 18.0. The number of piperidine rings is 1. The van der Waals surface area contributed by atoms with Crippen LogP contribution in [0.5, 0.6) is 5.75 Å². The highest BCUT2D eigenvalue weighted by atomic mass is 32.2. The lowest BCUT2D eigenvalue weighted by Gasteiger charge is -2.26. The number of carbonyl (C=O) groups is 1. The second kappa shape index (κ2) is 8.97. The Morgan fingerprint density at radius 1 is 1.07 bits per heavy atom. The second-order valence-corrected chi connectivity index (χ2v) is 9.39. The molecule has 1 N–H and O–H groups in total. The van der Waals surface area contributed by atoms with Crippen LogP contribution in [0.1, 0.15) is 36.0 Å². The fourth-order valence-electron chi connectivity index (χ4n) is 3.57. The van der Waals surface area contributed by atoms with Gasteiger partial charge in [-0.05, 0) is 56.0 Å². The number of carbonyl (C=O) groups excluding carboxylic acids is 1. The van der Waals surface area contributed by atoms with E-state index in [9.17, 15) is 13.2 Å². The molecular weight excluding hydrogens is 388 g/mol. The number of hydrogen-bond acceptors (Lipinski definition) is 4. The Balaban J connectivity index is 1.82. The largest absolute Gasteiger partial charge is 0.495 e. The topological polar surface area (TPSA) is 75.7 Å². The van der Waals surface area contributed by atoms with Crippen LogP contribution in [-0.2, 0) is 21.2 Å². The fourth-order valence-corrected chi connectivity index (χ4v) is 5.27. The van der Waals surface area contributed by atoms with Crippen LogP contribution < -0.4 is 10.1 Å². The summed E-state index contributed by atoms with van der Waals surface area (Å²) in [5.74, 6) is 0.0910. The lowest BCUT2D eigenvalue weighted by atomic mass is 10.0. The molecule has 2 aromatic rings. The first kappa shape index (κ1) is 21.3. The molecular formula is C22H28N2O4S. The molecule has 0 bridgehead atoms. The first-order valence-corrected chi connectivity index (χ1v) is 11.3. The molecule has 7 heteroatoms. The summed E-state index contributed by atoms with van der Waals surface area (Å²) in [7, 11) is -2.23. The number of nitrogens with zero attached hydrogens (tertiary/aromatic N) is 1. The zero-order valence-electron chi connectivity index (χ0n) is 17.2. The van der Waals surface area contributed by atoms with Crippen LogP contribution >= 0.6 is 0 Å². The van der Waals surface area contributed by atoms with Gasteiger partial charge in [0.05, 0.1) is 13.5 Å². The van der Waals surface area contributed by atoms with E-state index in [4.69, 9.17) is 4.74 Å². The van der Waals surface area contributed by atoms with Gasteiger partial charge < -0.3 is 10.1 Å². The van der Waals surface area contributed by atoms with Gasteiger partial charge >= 0.3 is 0 Å². The number of sulfonamides is 1. The van der Waals surface area contributed by atoms with Crippen molar-refractivity contribution < 1.29 is 17.9 Å². The number of aryl methyl sites for hydroxylation is 2. The van der Waals surface area contributed by atoms with Crippen molar-refractivity contribution in [3.63, 3.8) is 0 Å². The van der Waals surface area contributed by atoms with Crippen molar-refractivity contribution >= 4 is 21.6 Å². The molecule has 0 radical (unpaired) electrons. The van der Waals surface area contributed by atoms with Gasteiger partial charge in [-0.3, -0.25) is 4.79 Å². The number of anilines is 1. The Hall–Kier alpha value is -2.38. The van der Waals surface area contributed by atoms with Gasteiger partial charge in [-0.15, -0.1) is 0 Å². The van der Waals surface area contributed by atoms with Crippen LogP contribution in [-0.4, -0.2) is 38.8 Å². The minimum absolute atomic E-state index is 0.0893. The lowest BCUT2D eigenvalue weighted by molar-refractivity contribution is -0.115. The van der Waals surface area contributed by atoms with Gasteiger partial charge in [0.25, 0.3) is 0 Å². The standard InChI is InChI=1S/C22H28N2O4S/c1-16-7-8-17(2)18(13-16)14-22(25)23-19-9-10-20(28-3)21(15-19)29(26,27)24-11-5-4-6-12-24/h7-10,13,15H,4-6,11-12,14H2,1-3H3,(H,23,25). The second-order valence-electron chi connectivity index (χ2n) is 7.49. The molecule has 156 valence electrons. The van der Waals surface area contributed by atoms with Crippen molar-refractivity contribution in [2.75, 3.05) is 25.5 Å². The Morgan fingerprint density at radius 2 is 1.79 bits per heavy atom. The predicted octanol–water partition coefficient (Wildman–Crippen LogP) is 3.67. The van der Waals surface area contributed by atoms with Crippen molar-refractivity contribution in [3.05, 3.63) is 53.1 Å². The van der Waals surface area contributed by atoms with E-state index in [1.165, 1.54) is 17.5 Å². The highest BCUT2D eigenvalue weighted by Gasteiger charge is 2.29.